The first-order chi connectivity index (χ1) is 16.1. The van der Waals surface area contributed by atoms with Gasteiger partial charge >= 0.3 is 0 Å². The van der Waals surface area contributed by atoms with Crippen LogP contribution in [0.15, 0.2) is 53.4 Å². The number of hydrogen-bond donors (Lipinski definition) is 1. The molecule has 0 bridgehead atoms. The summed E-state index contributed by atoms with van der Waals surface area (Å²) in [5.41, 5.74) is 1.65. The van der Waals surface area contributed by atoms with E-state index in [0.29, 0.717) is 28.2 Å². The van der Waals surface area contributed by atoms with Crippen LogP contribution in [0.4, 0.5) is 15.9 Å². The molecule has 1 fully saturated rings. The Morgan fingerprint density at radius 3 is 2.64 bits per heavy atom. The van der Waals surface area contributed by atoms with Crippen LogP contribution in [-0.2, 0) is 0 Å². The highest BCUT2D eigenvalue weighted by Gasteiger charge is 2.21. The molecule has 8 heteroatoms. The van der Waals surface area contributed by atoms with Crippen molar-refractivity contribution in [3.05, 3.63) is 59.2 Å². The molecule has 0 aliphatic carbocycles. The molecule has 3 heterocycles. The maximum absolute atomic E-state index is 15.1. The lowest BCUT2D eigenvalue weighted by molar-refractivity contribution is 0.115. The Bertz CT molecular complexity index is 1260. The average Bonchev–Trinajstić information content (AvgIpc) is 2.83. The molecule has 1 saturated heterocycles. The van der Waals surface area contributed by atoms with Crippen LogP contribution in [0.2, 0.25) is 0 Å². The second kappa shape index (κ2) is 10.4. The number of hydrogen-bond acceptors (Lipinski definition) is 6. The van der Waals surface area contributed by atoms with Crippen LogP contribution < -0.4 is 10.1 Å². The second-order valence-corrected chi connectivity index (χ2v) is 8.68. The summed E-state index contributed by atoms with van der Waals surface area (Å²) in [5, 5.41) is 4.34. The van der Waals surface area contributed by atoms with Crippen molar-refractivity contribution in [1.82, 2.24) is 19.9 Å². The van der Waals surface area contributed by atoms with Crippen LogP contribution in [0.3, 0.4) is 0 Å². The second-order valence-electron chi connectivity index (χ2n) is 7.76. The topological polar surface area (TPSA) is 63.2 Å². The lowest BCUT2D eigenvalue weighted by atomic mass is 10.1. The van der Waals surface area contributed by atoms with Gasteiger partial charge in [-0.2, -0.15) is 0 Å². The minimum atomic E-state index is -0.368. The van der Waals surface area contributed by atoms with E-state index < -0.39 is 0 Å². The summed E-state index contributed by atoms with van der Waals surface area (Å²) in [6.07, 6.45) is 5.14. The van der Waals surface area contributed by atoms with Gasteiger partial charge in [-0.25, -0.2) is 14.4 Å². The van der Waals surface area contributed by atoms with E-state index in [2.05, 4.69) is 48.1 Å². The Hall–Kier alpha value is -2.84. The van der Waals surface area contributed by atoms with Crippen molar-refractivity contribution in [2.24, 2.45) is 0 Å². The molecular formula is C25H27BrFN5O. The van der Waals surface area contributed by atoms with Gasteiger partial charge in [0.15, 0.2) is 5.82 Å². The smallest absolute Gasteiger partial charge is 0.156 e. The molecule has 2 aromatic carbocycles. The highest BCUT2D eigenvalue weighted by molar-refractivity contribution is 9.10. The Labute approximate surface area is 201 Å². The van der Waals surface area contributed by atoms with Crippen LogP contribution in [0.5, 0.6) is 5.75 Å². The molecule has 6 nitrogen and oxygen atoms in total. The number of rotatable bonds is 4. The van der Waals surface area contributed by atoms with E-state index in [4.69, 9.17) is 4.74 Å². The van der Waals surface area contributed by atoms with Gasteiger partial charge in [-0.05, 0) is 56.3 Å². The quantitative estimate of drug-likeness (QED) is 0.345. The molecule has 0 radical (unpaired) electrons. The van der Waals surface area contributed by atoms with Crippen molar-refractivity contribution in [3.8, 4) is 5.75 Å². The van der Waals surface area contributed by atoms with E-state index in [1.165, 1.54) is 6.33 Å². The zero-order valence-corrected chi connectivity index (χ0v) is 20.6. The molecule has 0 unspecified atom stereocenters. The fraction of sp³-hybridized carbons (Fsp3) is 0.320. The molecule has 0 atom stereocenters. The Morgan fingerprint density at radius 2 is 1.85 bits per heavy atom. The zero-order valence-electron chi connectivity index (χ0n) is 19.0. The third-order valence-corrected chi connectivity index (χ3v) is 6.06. The van der Waals surface area contributed by atoms with Crippen LogP contribution in [0.25, 0.3) is 21.8 Å². The predicted molar refractivity (Wildman–Crippen MR) is 135 cm³/mol. The van der Waals surface area contributed by atoms with Gasteiger partial charge in [-0.3, -0.25) is 4.98 Å². The molecule has 5 rings (SSSR count). The molecule has 0 spiro atoms. The minimum Gasteiger partial charge on any atom is -0.489 e. The van der Waals surface area contributed by atoms with Crippen LogP contribution in [0.1, 0.15) is 26.7 Å². The molecule has 0 amide bonds. The molecule has 172 valence electrons. The first-order valence-corrected chi connectivity index (χ1v) is 12.0. The maximum Gasteiger partial charge on any atom is 0.156 e. The van der Waals surface area contributed by atoms with Crippen molar-refractivity contribution in [1.29, 1.82) is 0 Å². The van der Waals surface area contributed by atoms with Gasteiger partial charge in [0.05, 0.1) is 22.1 Å². The van der Waals surface area contributed by atoms with Gasteiger partial charge in [0.1, 0.15) is 24.0 Å². The molecule has 0 saturated carbocycles. The van der Waals surface area contributed by atoms with E-state index >= 15 is 4.39 Å². The third kappa shape index (κ3) is 5.07. The van der Waals surface area contributed by atoms with Gasteiger partial charge in [-0.1, -0.05) is 29.8 Å². The summed E-state index contributed by atoms with van der Waals surface area (Å²) >= 11 is 3.55. The van der Waals surface area contributed by atoms with Gasteiger partial charge in [-0.15, -0.1) is 0 Å². The van der Waals surface area contributed by atoms with Crippen molar-refractivity contribution in [2.75, 3.05) is 25.5 Å². The van der Waals surface area contributed by atoms with Gasteiger partial charge in [0, 0.05) is 29.1 Å². The summed E-state index contributed by atoms with van der Waals surface area (Å²) in [6, 6.07) is 10.7. The lowest BCUT2D eigenvalue weighted by Gasteiger charge is -2.29. The molecule has 1 N–H and O–H groups in total. The predicted octanol–water partition coefficient (Wildman–Crippen LogP) is 6.32. The van der Waals surface area contributed by atoms with Crippen LogP contribution in [0, 0.1) is 5.82 Å². The summed E-state index contributed by atoms with van der Waals surface area (Å²) in [5.74, 6) is 0.819. The molecule has 1 aliphatic rings. The fourth-order valence-electron chi connectivity index (χ4n) is 3.93. The Morgan fingerprint density at radius 1 is 1.06 bits per heavy atom. The number of nitrogens with one attached hydrogen (secondary N) is 1. The number of likely N-dealkylation sites (tertiary alicyclic amines) is 1. The number of anilines is 2. The van der Waals surface area contributed by atoms with Crippen molar-refractivity contribution >= 4 is 49.2 Å². The van der Waals surface area contributed by atoms with Crippen LogP contribution >= 0.6 is 15.9 Å². The largest absolute Gasteiger partial charge is 0.489 e. The third-order valence-electron chi connectivity index (χ3n) is 5.60. The highest BCUT2D eigenvalue weighted by Crippen LogP contribution is 2.36. The number of nitrogens with zero attached hydrogens (tertiary/aromatic N) is 4. The maximum atomic E-state index is 15.1. The fourth-order valence-corrected chi connectivity index (χ4v) is 4.36. The average molecular weight is 512 g/mol. The van der Waals surface area contributed by atoms with E-state index in [1.54, 1.807) is 30.5 Å². The molecule has 33 heavy (non-hydrogen) atoms. The van der Waals surface area contributed by atoms with E-state index in [0.717, 1.165) is 41.3 Å². The molecule has 1 aliphatic heterocycles. The standard InChI is InChI=1S/C23H21BrFN5O.C2H6/c1-30-9-6-15(7-10-30)31-20-12-14(24)11-19-21(20)23(28-13-27-19)29-18-5-4-17-16(22(18)25)3-2-8-26-17;1-2/h2-5,8,11-13,15H,6-7,9-10H2,1H3,(H,27,28,29);1-2H3. The van der Waals surface area contributed by atoms with Gasteiger partial charge in [0.25, 0.3) is 0 Å². The number of ether oxygens (including phenoxy) is 1. The normalized spacial score (nSPS) is 14.7. The number of fused-ring (bicyclic) bond motifs is 2. The first kappa shape index (κ1) is 23.3. The molecular weight excluding hydrogens is 485 g/mol. The number of halogens is 2. The van der Waals surface area contributed by atoms with Gasteiger partial charge < -0.3 is 15.0 Å². The minimum absolute atomic E-state index is 0.116. The number of piperidine rings is 1. The first-order valence-electron chi connectivity index (χ1n) is 11.2. The van der Waals surface area contributed by atoms with Crippen molar-refractivity contribution < 1.29 is 9.13 Å². The Kier molecular flexibility index (Phi) is 7.35. The van der Waals surface area contributed by atoms with E-state index in [1.807, 2.05) is 26.0 Å². The number of aromatic nitrogens is 3. The summed E-state index contributed by atoms with van der Waals surface area (Å²) in [4.78, 5) is 15.3. The zero-order chi connectivity index (χ0) is 23.4. The van der Waals surface area contributed by atoms with E-state index in [9.17, 15) is 0 Å². The Balaban J connectivity index is 0.00000126. The summed E-state index contributed by atoms with van der Waals surface area (Å²) in [7, 11) is 2.12. The summed E-state index contributed by atoms with van der Waals surface area (Å²) in [6.45, 7) is 5.99. The molecule has 4 aromatic rings. The number of benzene rings is 2. The monoisotopic (exact) mass is 511 g/mol. The highest BCUT2D eigenvalue weighted by atomic mass is 79.9. The molecule has 2 aromatic heterocycles. The lowest BCUT2D eigenvalue weighted by Crippen LogP contribution is -2.35. The van der Waals surface area contributed by atoms with Gasteiger partial charge in [0.2, 0.25) is 0 Å². The van der Waals surface area contributed by atoms with Crippen molar-refractivity contribution in [3.63, 3.8) is 0 Å². The number of pyridine rings is 1. The SMILES string of the molecule is CC.CN1CCC(Oc2cc(Br)cc3ncnc(Nc4ccc5ncccc5c4F)c23)CC1. The van der Waals surface area contributed by atoms with Crippen LogP contribution in [-0.4, -0.2) is 46.1 Å². The summed E-state index contributed by atoms with van der Waals surface area (Å²) < 4.78 is 22.4. The van der Waals surface area contributed by atoms with E-state index in [-0.39, 0.29) is 11.9 Å². The van der Waals surface area contributed by atoms with Crippen molar-refractivity contribution in [2.45, 2.75) is 32.8 Å².